The molecule has 4 nitrogen and oxygen atoms in total. The molecular weight excluding hydrogens is 474 g/mol. The number of fused-ring (bicyclic) bond motifs is 1. The number of nitrogens with zero attached hydrogens (tertiary/aromatic N) is 1. The van der Waals surface area contributed by atoms with Crippen molar-refractivity contribution in [1.29, 1.82) is 5.26 Å². The Kier molecular flexibility index (Phi) is 7.12. The number of ether oxygens (including phenoxy) is 1. The Balaban J connectivity index is 1.69. The van der Waals surface area contributed by atoms with Gasteiger partial charge in [-0.05, 0) is 58.8 Å². The fraction of sp³-hybridized carbons (Fsp3) is 0.0370. The van der Waals surface area contributed by atoms with Crippen molar-refractivity contribution < 1.29 is 13.9 Å². The van der Waals surface area contributed by atoms with Gasteiger partial charge in [-0.2, -0.15) is 5.26 Å². The summed E-state index contributed by atoms with van der Waals surface area (Å²) in [4.78, 5) is 12.8. The molecule has 0 aromatic heterocycles. The molecule has 34 heavy (non-hydrogen) atoms. The lowest BCUT2D eigenvalue weighted by Crippen LogP contribution is -2.13. The molecule has 168 valence electrons. The highest BCUT2D eigenvalue weighted by molar-refractivity contribution is 6.42. The SMILES string of the molecule is N#C/C(=C\c1c(OCc2cccc(F)c2)ccc2ccccc12)C(=O)Nc1ccc(Cl)c(Cl)c1. The van der Waals surface area contributed by atoms with Crippen LogP contribution in [0.4, 0.5) is 10.1 Å². The summed E-state index contributed by atoms with van der Waals surface area (Å²) in [6.45, 7) is 0.119. The molecule has 0 atom stereocenters. The van der Waals surface area contributed by atoms with E-state index in [4.69, 9.17) is 27.9 Å². The van der Waals surface area contributed by atoms with Crippen LogP contribution < -0.4 is 10.1 Å². The van der Waals surface area contributed by atoms with Gasteiger partial charge in [0.2, 0.25) is 0 Å². The number of halogens is 3. The second kappa shape index (κ2) is 10.4. The number of carbonyl (C=O) groups is 1. The van der Waals surface area contributed by atoms with Crippen molar-refractivity contribution in [3.63, 3.8) is 0 Å². The molecule has 1 N–H and O–H groups in total. The van der Waals surface area contributed by atoms with Gasteiger partial charge in [0, 0.05) is 11.3 Å². The molecule has 0 aliphatic carbocycles. The first-order chi connectivity index (χ1) is 16.4. The molecule has 0 bridgehead atoms. The Morgan fingerprint density at radius 2 is 1.82 bits per heavy atom. The van der Waals surface area contributed by atoms with E-state index in [9.17, 15) is 14.4 Å². The van der Waals surface area contributed by atoms with Gasteiger partial charge in [0.1, 0.15) is 29.8 Å². The Morgan fingerprint density at radius 3 is 2.59 bits per heavy atom. The summed E-state index contributed by atoms with van der Waals surface area (Å²) in [6, 6.07) is 23.9. The normalized spacial score (nSPS) is 11.2. The molecule has 0 saturated heterocycles. The van der Waals surface area contributed by atoms with Gasteiger partial charge >= 0.3 is 0 Å². The number of rotatable bonds is 6. The molecule has 0 radical (unpaired) electrons. The molecule has 7 heteroatoms. The van der Waals surface area contributed by atoms with Crippen LogP contribution in [-0.2, 0) is 11.4 Å². The average molecular weight is 491 g/mol. The van der Waals surface area contributed by atoms with Gasteiger partial charge in [0.05, 0.1) is 10.0 Å². The minimum Gasteiger partial charge on any atom is -0.488 e. The molecule has 0 heterocycles. The lowest BCUT2D eigenvalue weighted by molar-refractivity contribution is -0.112. The molecule has 0 aliphatic rings. The molecule has 0 spiro atoms. The van der Waals surface area contributed by atoms with Crippen LogP contribution in [0.2, 0.25) is 10.0 Å². The van der Waals surface area contributed by atoms with Crippen LogP contribution in [0.3, 0.4) is 0 Å². The van der Waals surface area contributed by atoms with E-state index in [1.807, 2.05) is 36.4 Å². The number of nitrogens with one attached hydrogen (secondary N) is 1. The molecule has 0 unspecified atom stereocenters. The van der Waals surface area contributed by atoms with E-state index in [-0.39, 0.29) is 23.0 Å². The number of hydrogen-bond acceptors (Lipinski definition) is 3. The van der Waals surface area contributed by atoms with Crippen molar-refractivity contribution >= 4 is 51.6 Å². The summed E-state index contributed by atoms with van der Waals surface area (Å²) in [5, 5.41) is 14.7. The van der Waals surface area contributed by atoms with Crippen LogP contribution in [0.5, 0.6) is 5.75 Å². The quantitative estimate of drug-likeness (QED) is 0.226. The Bertz CT molecular complexity index is 1460. The van der Waals surface area contributed by atoms with E-state index in [1.165, 1.54) is 24.3 Å². The zero-order valence-electron chi connectivity index (χ0n) is 17.7. The van der Waals surface area contributed by atoms with Crippen LogP contribution in [0.25, 0.3) is 16.8 Å². The lowest BCUT2D eigenvalue weighted by Gasteiger charge is -2.13. The fourth-order valence-electron chi connectivity index (χ4n) is 3.40. The maximum absolute atomic E-state index is 13.6. The first-order valence-electron chi connectivity index (χ1n) is 10.2. The molecule has 4 aromatic rings. The largest absolute Gasteiger partial charge is 0.488 e. The molecule has 4 rings (SSSR count). The Morgan fingerprint density at radius 1 is 1.00 bits per heavy atom. The molecule has 1 amide bonds. The third kappa shape index (κ3) is 5.37. The first-order valence-corrected chi connectivity index (χ1v) is 11.0. The summed E-state index contributed by atoms with van der Waals surface area (Å²) in [6.07, 6.45) is 1.48. The number of carbonyl (C=O) groups excluding carboxylic acids is 1. The van der Waals surface area contributed by atoms with Crippen molar-refractivity contribution in [2.75, 3.05) is 5.32 Å². The highest BCUT2D eigenvalue weighted by Gasteiger charge is 2.14. The standard InChI is InChI=1S/C27H17Cl2FN2O2/c28-24-10-9-21(14-25(24)29)32-27(33)19(15-31)13-23-22-7-2-1-5-18(22)8-11-26(23)34-16-17-4-3-6-20(30)12-17/h1-14H,16H2,(H,32,33)/b19-13+. The minimum absolute atomic E-state index is 0.119. The molecule has 4 aromatic carbocycles. The third-order valence-corrected chi connectivity index (χ3v) is 5.78. The maximum atomic E-state index is 13.6. The molecule has 0 aliphatic heterocycles. The van der Waals surface area contributed by atoms with Crippen molar-refractivity contribution in [1.82, 2.24) is 0 Å². The van der Waals surface area contributed by atoms with Gasteiger partial charge in [-0.15, -0.1) is 0 Å². The van der Waals surface area contributed by atoms with Gasteiger partial charge in [0.15, 0.2) is 0 Å². The second-order valence-corrected chi connectivity index (χ2v) is 8.18. The van der Waals surface area contributed by atoms with Gasteiger partial charge in [0.25, 0.3) is 5.91 Å². The predicted molar refractivity (Wildman–Crippen MR) is 133 cm³/mol. The number of nitriles is 1. The van der Waals surface area contributed by atoms with E-state index in [2.05, 4.69) is 5.32 Å². The number of benzene rings is 4. The Hall–Kier alpha value is -3.85. The van der Waals surface area contributed by atoms with Gasteiger partial charge in [-0.3, -0.25) is 4.79 Å². The fourth-order valence-corrected chi connectivity index (χ4v) is 3.70. The van der Waals surface area contributed by atoms with Crippen LogP contribution in [0.15, 0.2) is 84.4 Å². The zero-order chi connectivity index (χ0) is 24.1. The lowest BCUT2D eigenvalue weighted by atomic mass is 10.0. The first kappa shape index (κ1) is 23.3. The predicted octanol–water partition coefficient (Wildman–Crippen LogP) is 7.41. The summed E-state index contributed by atoms with van der Waals surface area (Å²) in [5.74, 6) is -0.506. The van der Waals surface area contributed by atoms with Crippen LogP contribution in [-0.4, -0.2) is 5.91 Å². The smallest absolute Gasteiger partial charge is 0.266 e. The van der Waals surface area contributed by atoms with Crippen molar-refractivity contribution in [3.05, 3.63) is 111 Å². The monoisotopic (exact) mass is 490 g/mol. The summed E-state index contributed by atoms with van der Waals surface area (Å²) in [5.41, 5.74) is 1.50. The number of hydrogen-bond donors (Lipinski definition) is 1. The maximum Gasteiger partial charge on any atom is 0.266 e. The highest BCUT2D eigenvalue weighted by Crippen LogP contribution is 2.31. The van der Waals surface area contributed by atoms with E-state index in [1.54, 1.807) is 30.3 Å². The van der Waals surface area contributed by atoms with Crippen molar-refractivity contribution in [2.24, 2.45) is 0 Å². The number of amides is 1. The van der Waals surface area contributed by atoms with Gasteiger partial charge < -0.3 is 10.1 Å². The van der Waals surface area contributed by atoms with E-state index < -0.39 is 5.91 Å². The summed E-state index contributed by atoms with van der Waals surface area (Å²) >= 11 is 11.9. The molecule has 0 saturated carbocycles. The van der Waals surface area contributed by atoms with E-state index in [0.717, 1.165) is 10.8 Å². The summed E-state index contributed by atoms with van der Waals surface area (Å²) < 4.78 is 19.5. The van der Waals surface area contributed by atoms with Crippen molar-refractivity contribution in [3.8, 4) is 11.8 Å². The topological polar surface area (TPSA) is 62.1 Å². The van der Waals surface area contributed by atoms with E-state index >= 15 is 0 Å². The van der Waals surface area contributed by atoms with Crippen molar-refractivity contribution in [2.45, 2.75) is 6.61 Å². The average Bonchev–Trinajstić information content (AvgIpc) is 2.83. The number of anilines is 1. The van der Waals surface area contributed by atoms with E-state index in [0.29, 0.717) is 27.6 Å². The van der Waals surface area contributed by atoms with Gasteiger partial charge in [-0.25, -0.2) is 4.39 Å². The minimum atomic E-state index is -0.607. The third-order valence-electron chi connectivity index (χ3n) is 5.05. The second-order valence-electron chi connectivity index (χ2n) is 7.37. The van der Waals surface area contributed by atoms with Gasteiger partial charge in [-0.1, -0.05) is 65.7 Å². The Labute approximate surface area is 205 Å². The van der Waals surface area contributed by atoms with Crippen LogP contribution in [0.1, 0.15) is 11.1 Å². The van der Waals surface area contributed by atoms with Crippen LogP contribution in [0, 0.1) is 17.1 Å². The zero-order valence-corrected chi connectivity index (χ0v) is 19.2. The highest BCUT2D eigenvalue weighted by atomic mass is 35.5. The molecular formula is C27H17Cl2FN2O2. The summed E-state index contributed by atoms with van der Waals surface area (Å²) in [7, 11) is 0. The molecule has 0 fully saturated rings. The van der Waals surface area contributed by atoms with Crippen LogP contribution >= 0.6 is 23.2 Å².